The summed E-state index contributed by atoms with van der Waals surface area (Å²) in [5.74, 6) is -4.55. The van der Waals surface area contributed by atoms with E-state index < -0.39 is 46.9 Å². The molecule has 3 atom stereocenters. The van der Waals surface area contributed by atoms with E-state index in [1.54, 1.807) is 66.7 Å². The molecule has 3 unspecified atom stereocenters. The maximum absolute atomic E-state index is 13.8. The van der Waals surface area contributed by atoms with Crippen LogP contribution in [0, 0.1) is 18.8 Å². The smallest absolute Gasteiger partial charge is 0.241 e. The number of carbonyl (C=O) groups is 4. The van der Waals surface area contributed by atoms with Crippen molar-refractivity contribution in [1.82, 2.24) is 0 Å². The minimum absolute atomic E-state index is 0.206. The zero-order valence-electron chi connectivity index (χ0n) is 18.0. The SMILES string of the molecule is Cc1cccc(N2C(=O)C3C(c4ccc(Cl)cc4)OC4(C(=O)c5ccccc5C4=O)C3C2=O)c1. The Kier molecular flexibility index (Phi) is 4.43. The molecule has 0 bridgehead atoms. The van der Waals surface area contributed by atoms with Crippen molar-refractivity contribution in [3.8, 4) is 0 Å². The Hall–Kier alpha value is -3.61. The number of anilines is 1. The molecule has 1 spiro atoms. The number of nitrogens with zero attached hydrogens (tertiary/aromatic N) is 1. The maximum atomic E-state index is 13.8. The number of hydrogen-bond acceptors (Lipinski definition) is 5. The van der Waals surface area contributed by atoms with Crippen molar-refractivity contribution in [2.45, 2.75) is 18.6 Å². The van der Waals surface area contributed by atoms with Crippen LogP contribution >= 0.6 is 11.6 Å². The second kappa shape index (κ2) is 7.19. The Morgan fingerprint density at radius 3 is 2.09 bits per heavy atom. The summed E-state index contributed by atoms with van der Waals surface area (Å²) in [6.45, 7) is 1.86. The summed E-state index contributed by atoms with van der Waals surface area (Å²) >= 11 is 6.05. The van der Waals surface area contributed by atoms with Crippen LogP contribution in [0.4, 0.5) is 5.69 Å². The van der Waals surface area contributed by atoms with E-state index in [2.05, 4.69) is 0 Å². The Balaban J connectivity index is 1.55. The van der Waals surface area contributed by atoms with Crippen molar-refractivity contribution in [3.05, 3.63) is 100 Å². The van der Waals surface area contributed by atoms with E-state index in [0.29, 0.717) is 16.3 Å². The summed E-state index contributed by atoms with van der Waals surface area (Å²) < 4.78 is 6.25. The zero-order chi connectivity index (χ0) is 23.8. The number of rotatable bonds is 2. The Bertz CT molecular complexity index is 1380. The van der Waals surface area contributed by atoms with Crippen LogP contribution in [0.5, 0.6) is 0 Å². The number of benzene rings is 3. The summed E-state index contributed by atoms with van der Waals surface area (Å²) in [7, 11) is 0. The quantitative estimate of drug-likeness (QED) is 0.410. The van der Waals surface area contributed by atoms with Crippen LogP contribution in [0.3, 0.4) is 0 Å². The van der Waals surface area contributed by atoms with Crippen molar-refractivity contribution in [3.63, 3.8) is 0 Å². The van der Waals surface area contributed by atoms with Gasteiger partial charge >= 0.3 is 0 Å². The largest absolute Gasteiger partial charge is 0.349 e. The summed E-state index contributed by atoms with van der Waals surface area (Å²) in [5.41, 5.74) is 0.180. The van der Waals surface area contributed by atoms with Gasteiger partial charge in [0.25, 0.3) is 0 Å². The predicted molar refractivity (Wildman–Crippen MR) is 124 cm³/mol. The fourth-order valence-corrected chi connectivity index (χ4v) is 5.62. The molecular weight excluding hydrogens is 454 g/mol. The molecule has 1 aliphatic carbocycles. The molecular formula is C27H18ClNO5. The van der Waals surface area contributed by atoms with Gasteiger partial charge < -0.3 is 4.74 Å². The number of amides is 2. The van der Waals surface area contributed by atoms with Gasteiger partial charge in [-0.25, -0.2) is 4.90 Å². The second-order valence-electron chi connectivity index (χ2n) is 8.88. The number of ketones is 2. The predicted octanol–water partition coefficient (Wildman–Crippen LogP) is 4.34. The van der Waals surface area contributed by atoms with Crippen LogP contribution in [0.15, 0.2) is 72.8 Å². The van der Waals surface area contributed by atoms with Gasteiger partial charge in [0.05, 0.1) is 23.6 Å². The van der Waals surface area contributed by atoms with E-state index in [0.717, 1.165) is 10.5 Å². The Morgan fingerprint density at radius 2 is 1.47 bits per heavy atom. The molecule has 2 fully saturated rings. The van der Waals surface area contributed by atoms with Crippen molar-refractivity contribution >= 4 is 40.7 Å². The highest BCUT2D eigenvalue weighted by molar-refractivity contribution is 6.37. The summed E-state index contributed by atoms with van der Waals surface area (Å²) in [5, 5.41) is 0.489. The zero-order valence-corrected chi connectivity index (χ0v) is 18.8. The average molecular weight is 472 g/mol. The molecule has 168 valence electrons. The molecule has 0 radical (unpaired) electrons. The van der Waals surface area contributed by atoms with Gasteiger partial charge in [0.15, 0.2) is 0 Å². The molecule has 6 nitrogen and oxygen atoms in total. The highest BCUT2D eigenvalue weighted by Crippen LogP contribution is 2.57. The van der Waals surface area contributed by atoms with E-state index in [4.69, 9.17) is 16.3 Å². The molecule has 0 saturated carbocycles. The van der Waals surface area contributed by atoms with Crippen molar-refractivity contribution in [2.75, 3.05) is 4.90 Å². The van der Waals surface area contributed by atoms with Gasteiger partial charge in [-0.1, -0.05) is 60.1 Å². The number of imide groups is 1. The maximum Gasteiger partial charge on any atom is 0.241 e. The lowest BCUT2D eigenvalue weighted by Gasteiger charge is -2.27. The second-order valence-corrected chi connectivity index (χ2v) is 9.32. The molecule has 3 aliphatic rings. The molecule has 0 N–H and O–H groups in total. The van der Waals surface area contributed by atoms with Gasteiger partial charge in [-0.15, -0.1) is 0 Å². The minimum Gasteiger partial charge on any atom is -0.349 e. The van der Waals surface area contributed by atoms with E-state index in [1.807, 2.05) is 13.0 Å². The highest BCUT2D eigenvalue weighted by atomic mass is 35.5. The van der Waals surface area contributed by atoms with Gasteiger partial charge in [0.1, 0.15) is 0 Å². The third-order valence-corrected chi connectivity index (χ3v) is 7.23. The van der Waals surface area contributed by atoms with E-state index in [-0.39, 0.29) is 11.1 Å². The lowest BCUT2D eigenvalue weighted by molar-refractivity contribution is -0.127. The first-order chi connectivity index (χ1) is 16.3. The standard InChI is InChI=1S/C27H18ClNO5/c1-14-5-4-6-17(13-14)29-25(32)20-21(26(29)33)27(34-22(20)15-9-11-16(28)12-10-15)23(30)18-7-2-3-8-19(18)24(27)31/h2-13,20-22H,1H3. The van der Waals surface area contributed by atoms with E-state index >= 15 is 0 Å². The molecule has 3 aromatic carbocycles. The minimum atomic E-state index is -2.08. The fraction of sp³-hybridized carbons (Fsp3) is 0.185. The van der Waals surface area contributed by atoms with Crippen molar-refractivity contribution in [2.24, 2.45) is 11.8 Å². The lowest BCUT2D eigenvalue weighted by atomic mass is 9.77. The van der Waals surface area contributed by atoms with Gasteiger partial charge in [0, 0.05) is 16.1 Å². The topological polar surface area (TPSA) is 80.8 Å². The molecule has 2 aliphatic heterocycles. The summed E-state index contributed by atoms with van der Waals surface area (Å²) in [6, 6.07) is 20.1. The number of ether oxygens (including phenoxy) is 1. The van der Waals surface area contributed by atoms with E-state index in [1.165, 1.54) is 0 Å². The lowest BCUT2D eigenvalue weighted by Crippen LogP contribution is -2.51. The molecule has 2 heterocycles. The van der Waals surface area contributed by atoms with E-state index in [9.17, 15) is 19.2 Å². The number of fused-ring (bicyclic) bond motifs is 3. The number of aryl methyl sites for hydroxylation is 1. The van der Waals surface area contributed by atoms with Crippen LogP contribution in [-0.2, 0) is 14.3 Å². The summed E-state index contributed by atoms with van der Waals surface area (Å²) in [6.07, 6.45) is -0.962. The monoisotopic (exact) mass is 471 g/mol. The van der Waals surface area contributed by atoms with Crippen LogP contribution in [0.1, 0.15) is 37.9 Å². The molecule has 6 rings (SSSR count). The Morgan fingerprint density at radius 1 is 0.824 bits per heavy atom. The third-order valence-electron chi connectivity index (χ3n) is 6.98. The van der Waals surface area contributed by atoms with Gasteiger partial charge in [0.2, 0.25) is 29.0 Å². The highest BCUT2D eigenvalue weighted by Gasteiger charge is 2.74. The van der Waals surface area contributed by atoms with Crippen LogP contribution in [-0.4, -0.2) is 29.0 Å². The van der Waals surface area contributed by atoms with Crippen LogP contribution < -0.4 is 4.90 Å². The Labute approximate surface area is 200 Å². The normalized spacial score (nSPS) is 24.8. The molecule has 0 aromatic heterocycles. The summed E-state index contributed by atoms with van der Waals surface area (Å²) in [4.78, 5) is 56.1. The van der Waals surface area contributed by atoms with Crippen LogP contribution in [0.25, 0.3) is 0 Å². The molecule has 3 aromatic rings. The average Bonchev–Trinajstić information content (AvgIpc) is 3.40. The molecule has 2 amide bonds. The third kappa shape index (κ3) is 2.61. The van der Waals surface area contributed by atoms with Crippen LogP contribution in [0.2, 0.25) is 5.02 Å². The number of carbonyl (C=O) groups excluding carboxylic acids is 4. The van der Waals surface area contributed by atoms with Gasteiger partial charge in [-0.3, -0.25) is 19.2 Å². The number of Topliss-reactive ketones (excluding diaryl/α,β-unsaturated/α-hetero) is 2. The number of halogens is 1. The first-order valence-electron chi connectivity index (χ1n) is 10.9. The number of hydrogen-bond donors (Lipinski definition) is 0. The first kappa shape index (κ1) is 21.0. The van der Waals surface area contributed by atoms with Crippen molar-refractivity contribution < 1.29 is 23.9 Å². The molecule has 7 heteroatoms. The fourth-order valence-electron chi connectivity index (χ4n) is 5.49. The van der Waals surface area contributed by atoms with Gasteiger partial charge in [-0.05, 0) is 42.3 Å². The van der Waals surface area contributed by atoms with Gasteiger partial charge in [-0.2, -0.15) is 0 Å². The molecule has 34 heavy (non-hydrogen) atoms. The first-order valence-corrected chi connectivity index (χ1v) is 11.3. The van der Waals surface area contributed by atoms with Crippen molar-refractivity contribution in [1.29, 1.82) is 0 Å². The molecule has 2 saturated heterocycles.